The first-order valence-electron chi connectivity index (χ1n) is 9.47. The summed E-state index contributed by atoms with van der Waals surface area (Å²) in [5.41, 5.74) is 2.11. The maximum atomic E-state index is 2.56. The maximum absolute atomic E-state index is 2.56. The molecule has 0 heteroatoms. The summed E-state index contributed by atoms with van der Waals surface area (Å²) in [5, 5.41) is 0. The van der Waals surface area contributed by atoms with E-state index in [4.69, 9.17) is 0 Å². The third-order valence-electron chi connectivity index (χ3n) is 7.99. The van der Waals surface area contributed by atoms with Crippen molar-refractivity contribution in [3.05, 3.63) is 0 Å². The minimum atomic E-state index is 0.694. The first-order valence-corrected chi connectivity index (χ1v) is 9.47. The SMILES string of the molecule is CCCCCCCCCCCCC1(C)C2(C)C(C)C12C. The molecular formula is C20H38. The summed E-state index contributed by atoms with van der Waals surface area (Å²) < 4.78 is 0. The molecule has 2 atom stereocenters. The highest BCUT2D eigenvalue weighted by Crippen LogP contribution is 3.00. The predicted octanol–water partition coefficient (Wildman–Crippen LogP) is 6.98. The van der Waals surface area contributed by atoms with Gasteiger partial charge in [0.2, 0.25) is 0 Å². The molecule has 0 aliphatic heterocycles. The molecule has 0 heterocycles. The van der Waals surface area contributed by atoms with E-state index in [2.05, 4.69) is 34.6 Å². The van der Waals surface area contributed by atoms with E-state index in [-0.39, 0.29) is 0 Å². The zero-order valence-electron chi connectivity index (χ0n) is 14.9. The van der Waals surface area contributed by atoms with Crippen LogP contribution in [0.2, 0.25) is 0 Å². The van der Waals surface area contributed by atoms with Crippen molar-refractivity contribution in [3.63, 3.8) is 0 Å². The molecule has 20 heavy (non-hydrogen) atoms. The van der Waals surface area contributed by atoms with Gasteiger partial charge in [-0.05, 0) is 28.6 Å². The minimum absolute atomic E-state index is 0.694. The monoisotopic (exact) mass is 278 g/mol. The van der Waals surface area contributed by atoms with Crippen LogP contribution in [0.4, 0.5) is 0 Å². The lowest BCUT2D eigenvalue weighted by Gasteiger charge is -2.27. The molecule has 2 rings (SSSR count). The predicted molar refractivity (Wildman–Crippen MR) is 89.9 cm³/mol. The summed E-state index contributed by atoms with van der Waals surface area (Å²) in [6.45, 7) is 12.4. The highest BCUT2D eigenvalue weighted by Gasteiger charge is 2.96. The van der Waals surface area contributed by atoms with Gasteiger partial charge in [-0.15, -0.1) is 0 Å². The first kappa shape index (κ1) is 16.4. The maximum Gasteiger partial charge on any atom is -0.0173 e. The number of rotatable bonds is 11. The van der Waals surface area contributed by atoms with Crippen molar-refractivity contribution in [2.24, 2.45) is 22.2 Å². The van der Waals surface area contributed by atoms with Crippen LogP contribution in [0.3, 0.4) is 0 Å². The van der Waals surface area contributed by atoms with E-state index in [9.17, 15) is 0 Å². The summed E-state index contributed by atoms with van der Waals surface area (Å²) in [6, 6.07) is 0. The Labute approximate surface area is 128 Å². The zero-order valence-corrected chi connectivity index (χ0v) is 14.9. The van der Waals surface area contributed by atoms with Crippen LogP contribution in [0.5, 0.6) is 0 Å². The van der Waals surface area contributed by atoms with Crippen molar-refractivity contribution in [1.29, 1.82) is 0 Å². The fourth-order valence-electron chi connectivity index (χ4n) is 5.71. The Morgan fingerprint density at radius 1 is 0.650 bits per heavy atom. The Balaban J connectivity index is 1.42. The molecule has 2 aliphatic carbocycles. The normalized spacial score (nSPS) is 41.5. The molecular weight excluding hydrogens is 240 g/mol. The molecule has 0 spiro atoms. The molecule has 2 fully saturated rings. The Morgan fingerprint density at radius 3 is 1.45 bits per heavy atom. The molecule has 0 aromatic rings. The standard InChI is InChI=1S/C20H38/c1-6-7-8-9-10-11-12-13-14-15-16-18(3)19(4)17(2)20(18,19)5/h17H,6-16H2,1-5H3. The second-order valence-corrected chi connectivity index (χ2v) is 8.39. The number of fused-ring (bicyclic) bond motifs is 1. The van der Waals surface area contributed by atoms with Crippen LogP contribution in [-0.2, 0) is 0 Å². The van der Waals surface area contributed by atoms with Gasteiger partial charge in [-0.25, -0.2) is 0 Å². The highest BCUT2D eigenvalue weighted by molar-refractivity contribution is 5.42. The average Bonchev–Trinajstić information content (AvgIpc) is 3.08. The van der Waals surface area contributed by atoms with Crippen molar-refractivity contribution in [2.75, 3.05) is 0 Å². The number of hydrogen-bond acceptors (Lipinski definition) is 0. The summed E-state index contributed by atoms with van der Waals surface area (Å²) in [5.74, 6) is 0.989. The average molecular weight is 279 g/mol. The van der Waals surface area contributed by atoms with Crippen molar-refractivity contribution in [3.8, 4) is 0 Å². The molecule has 0 bridgehead atoms. The van der Waals surface area contributed by atoms with E-state index in [0.717, 1.165) is 5.92 Å². The molecule has 0 radical (unpaired) electrons. The van der Waals surface area contributed by atoms with Gasteiger partial charge >= 0.3 is 0 Å². The molecule has 118 valence electrons. The van der Waals surface area contributed by atoms with Crippen LogP contribution in [0.1, 0.15) is 105 Å². The Bertz CT molecular complexity index is 302. The van der Waals surface area contributed by atoms with E-state index < -0.39 is 0 Å². The molecule has 0 nitrogen and oxygen atoms in total. The lowest BCUT2D eigenvalue weighted by molar-refractivity contribution is 0.212. The Hall–Kier alpha value is 0. The van der Waals surface area contributed by atoms with E-state index in [1.165, 1.54) is 70.6 Å². The zero-order chi connectivity index (χ0) is 14.9. The Kier molecular flexibility index (Phi) is 4.92. The fourth-order valence-corrected chi connectivity index (χ4v) is 5.71. The van der Waals surface area contributed by atoms with Crippen LogP contribution in [0.25, 0.3) is 0 Å². The number of hydrogen-bond donors (Lipinski definition) is 0. The van der Waals surface area contributed by atoms with Gasteiger partial charge in [-0.2, -0.15) is 0 Å². The summed E-state index contributed by atoms with van der Waals surface area (Å²) in [6.07, 6.45) is 16.1. The van der Waals surface area contributed by atoms with Gasteiger partial charge < -0.3 is 0 Å². The highest BCUT2D eigenvalue weighted by atomic mass is 15.0. The van der Waals surface area contributed by atoms with Crippen LogP contribution in [0, 0.1) is 22.2 Å². The topological polar surface area (TPSA) is 0 Å². The van der Waals surface area contributed by atoms with Gasteiger partial charge in [0.1, 0.15) is 0 Å². The van der Waals surface area contributed by atoms with E-state index >= 15 is 0 Å². The van der Waals surface area contributed by atoms with Gasteiger partial charge in [-0.3, -0.25) is 0 Å². The van der Waals surface area contributed by atoms with Crippen molar-refractivity contribution in [2.45, 2.75) is 105 Å². The third-order valence-corrected chi connectivity index (χ3v) is 7.99. The van der Waals surface area contributed by atoms with Crippen LogP contribution >= 0.6 is 0 Å². The second kappa shape index (κ2) is 6.01. The quantitative estimate of drug-likeness (QED) is 0.358. The lowest BCUT2D eigenvalue weighted by atomic mass is 9.77. The van der Waals surface area contributed by atoms with Gasteiger partial charge in [-0.1, -0.05) is 98.8 Å². The van der Waals surface area contributed by atoms with Gasteiger partial charge in [0, 0.05) is 0 Å². The van der Waals surface area contributed by atoms with Gasteiger partial charge in [0.25, 0.3) is 0 Å². The first-order chi connectivity index (χ1) is 9.47. The minimum Gasteiger partial charge on any atom is -0.0654 e. The van der Waals surface area contributed by atoms with Crippen molar-refractivity contribution >= 4 is 0 Å². The van der Waals surface area contributed by atoms with E-state index in [1.807, 2.05) is 0 Å². The lowest BCUT2D eigenvalue weighted by Crippen LogP contribution is -2.20. The molecule has 2 unspecified atom stereocenters. The van der Waals surface area contributed by atoms with E-state index in [0.29, 0.717) is 16.2 Å². The fraction of sp³-hybridized carbons (Fsp3) is 1.00. The van der Waals surface area contributed by atoms with Crippen LogP contribution < -0.4 is 0 Å². The number of unbranched alkanes of at least 4 members (excludes halogenated alkanes) is 9. The third kappa shape index (κ3) is 2.26. The molecule has 0 saturated heterocycles. The summed E-state index contributed by atoms with van der Waals surface area (Å²) in [7, 11) is 0. The molecule has 2 aliphatic rings. The van der Waals surface area contributed by atoms with Crippen molar-refractivity contribution in [1.82, 2.24) is 0 Å². The summed E-state index contributed by atoms with van der Waals surface area (Å²) >= 11 is 0. The molecule has 0 amide bonds. The largest absolute Gasteiger partial charge is 0.0654 e. The summed E-state index contributed by atoms with van der Waals surface area (Å²) in [4.78, 5) is 0. The van der Waals surface area contributed by atoms with Gasteiger partial charge in [0.05, 0.1) is 0 Å². The van der Waals surface area contributed by atoms with Crippen molar-refractivity contribution < 1.29 is 0 Å². The molecule has 0 aromatic heterocycles. The molecule has 2 saturated carbocycles. The smallest absolute Gasteiger partial charge is 0.0173 e. The van der Waals surface area contributed by atoms with E-state index in [1.54, 1.807) is 0 Å². The van der Waals surface area contributed by atoms with Crippen LogP contribution in [0.15, 0.2) is 0 Å². The molecule has 0 N–H and O–H groups in total. The Morgan fingerprint density at radius 2 is 1.05 bits per heavy atom. The second-order valence-electron chi connectivity index (χ2n) is 8.39. The van der Waals surface area contributed by atoms with Crippen LogP contribution in [-0.4, -0.2) is 0 Å². The van der Waals surface area contributed by atoms with Gasteiger partial charge in [0.15, 0.2) is 0 Å². The molecule has 0 aromatic carbocycles.